The largest absolute Gasteiger partial charge is 0.383 e. The number of benzene rings is 1. The standard InChI is InChI=1S/C20H24N4/c1-3-6-16-13-19(17-7-4-5-8-18(17)24-16)21-11-12-22-20-10-9-15(2)14-23-20/h4-5,7-10,13-14H,3,6,11-12H2,1-2H3,(H,21,24)(H,22,23). The minimum absolute atomic E-state index is 0.815. The van der Waals surface area contributed by atoms with Crippen LogP contribution in [0.4, 0.5) is 11.5 Å². The fourth-order valence-electron chi connectivity index (χ4n) is 2.72. The van der Waals surface area contributed by atoms with E-state index in [0.29, 0.717) is 0 Å². The predicted molar refractivity (Wildman–Crippen MR) is 102 cm³/mol. The third-order valence-corrected chi connectivity index (χ3v) is 3.93. The number of anilines is 2. The highest BCUT2D eigenvalue weighted by atomic mass is 15.0. The molecule has 0 amide bonds. The summed E-state index contributed by atoms with van der Waals surface area (Å²) in [4.78, 5) is 9.11. The van der Waals surface area contributed by atoms with Crippen LogP contribution >= 0.6 is 0 Å². The highest BCUT2D eigenvalue weighted by Crippen LogP contribution is 2.23. The molecule has 0 aliphatic carbocycles. The van der Waals surface area contributed by atoms with Crippen molar-refractivity contribution >= 4 is 22.4 Å². The molecule has 0 spiro atoms. The number of para-hydroxylation sites is 1. The molecule has 0 fully saturated rings. The average molecular weight is 320 g/mol. The van der Waals surface area contributed by atoms with Gasteiger partial charge in [-0.15, -0.1) is 0 Å². The molecule has 0 saturated carbocycles. The van der Waals surface area contributed by atoms with Gasteiger partial charge in [0.15, 0.2) is 0 Å². The SMILES string of the molecule is CCCc1cc(NCCNc2ccc(C)cn2)c2ccccc2n1. The first-order valence-corrected chi connectivity index (χ1v) is 8.55. The molecule has 3 rings (SSSR count). The Morgan fingerprint density at radius 2 is 1.83 bits per heavy atom. The number of rotatable bonds is 7. The number of nitrogens with one attached hydrogen (secondary N) is 2. The van der Waals surface area contributed by atoms with Gasteiger partial charge in [-0.25, -0.2) is 4.98 Å². The Morgan fingerprint density at radius 1 is 1.00 bits per heavy atom. The zero-order valence-electron chi connectivity index (χ0n) is 14.3. The molecule has 0 bridgehead atoms. The van der Waals surface area contributed by atoms with E-state index in [-0.39, 0.29) is 0 Å². The van der Waals surface area contributed by atoms with Gasteiger partial charge in [-0.2, -0.15) is 0 Å². The van der Waals surface area contributed by atoms with Crippen molar-refractivity contribution in [3.63, 3.8) is 0 Å². The molecule has 0 aliphatic rings. The minimum atomic E-state index is 0.815. The highest BCUT2D eigenvalue weighted by molar-refractivity contribution is 5.91. The lowest BCUT2D eigenvalue weighted by molar-refractivity contribution is 0.889. The van der Waals surface area contributed by atoms with Crippen LogP contribution in [0.25, 0.3) is 10.9 Å². The van der Waals surface area contributed by atoms with E-state index in [0.717, 1.165) is 48.6 Å². The maximum Gasteiger partial charge on any atom is 0.125 e. The van der Waals surface area contributed by atoms with Gasteiger partial charge in [0.25, 0.3) is 0 Å². The fraction of sp³-hybridized carbons (Fsp3) is 0.300. The normalized spacial score (nSPS) is 10.8. The summed E-state index contributed by atoms with van der Waals surface area (Å²) in [6, 6.07) is 14.6. The van der Waals surface area contributed by atoms with Crippen LogP contribution in [0.1, 0.15) is 24.6 Å². The van der Waals surface area contributed by atoms with E-state index >= 15 is 0 Å². The second kappa shape index (κ2) is 7.77. The molecule has 4 heteroatoms. The summed E-state index contributed by atoms with van der Waals surface area (Å²) in [5.41, 5.74) is 4.53. The molecule has 0 saturated heterocycles. The fourth-order valence-corrected chi connectivity index (χ4v) is 2.72. The van der Waals surface area contributed by atoms with Gasteiger partial charge in [0.2, 0.25) is 0 Å². The zero-order chi connectivity index (χ0) is 16.8. The van der Waals surface area contributed by atoms with Gasteiger partial charge in [0, 0.05) is 36.1 Å². The van der Waals surface area contributed by atoms with Crippen LogP contribution in [0.15, 0.2) is 48.7 Å². The third kappa shape index (κ3) is 4.02. The minimum Gasteiger partial charge on any atom is -0.383 e. The van der Waals surface area contributed by atoms with E-state index in [1.165, 1.54) is 10.9 Å². The molecule has 2 N–H and O–H groups in total. The van der Waals surface area contributed by atoms with Crippen LogP contribution in [-0.2, 0) is 6.42 Å². The van der Waals surface area contributed by atoms with E-state index in [4.69, 9.17) is 4.98 Å². The third-order valence-electron chi connectivity index (χ3n) is 3.93. The van der Waals surface area contributed by atoms with Crippen LogP contribution < -0.4 is 10.6 Å². The molecule has 3 aromatic rings. The van der Waals surface area contributed by atoms with Crippen LogP contribution in [0.3, 0.4) is 0 Å². The van der Waals surface area contributed by atoms with E-state index in [2.05, 4.69) is 52.9 Å². The van der Waals surface area contributed by atoms with Crippen LogP contribution in [-0.4, -0.2) is 23.1 Å². The highest BCUT2D eigenvalue weighted by Gasteiger charge is 2.05. The summed E-state index contributed by atoms with van der Waals surface area (Å²) < 4.78 is 0. The van der Waals surface area contributed by atoms with Crippen molar-refractivity contribution in [1.29, 1.82) is 0 Å². The van der Waals surface area contributed by atoms with Crippen molar-refractivity contribution in [2.75, 3.05) is 23.7 Å². The number of fused-ring (bicyclic) bond motifs is 1. The monoisotopic (exact) mass is 320 g/mol. The maximum absolute atomic E-state index is 4.74. The van der Waals surface area contributed by atoms with E-state index in [1.54, 1.807) is 0 Å². The van der Waals surface area contributed by atoms with Crippen molar-refractivity contribution in [3.8, 4) is 0 Å². The Bertz CT molecular complexity index is 796. The predicted octanol–water partition coefficient (Wildman–Crippen LogP) is 4.41. The Labute approximate surface area is 143 Å². The molecular weight excluding hydrogens is 296 g/mol. The van der Waals surface area contributed by atoms with E-state index < -0.39 is 0 Å². The Morgan fingerprint density at radius 3 is 2.62 bits per heavy atom. The summed E-state index contributed by atoms with van der Waals surface area (Å²) in [6.07, 6.45) is 3.99. The molecule has 0 radical (unpaired) electrons. The molecule has 0 aliphatic heterocycles. The lowest BCUT2D eigenvalue weighted by Gasteiger charge is -2.12. The van der Waals surface area contributed by atoms with Crippen LogP contribution in [0.2, 0.25) is 0 Å². The average Bonchev–Trinajstić information content (AvgIpc) is 2.60. The van der Waals surface area contributed by atoms with Gasteiger partial charge in [0.05, 0.1) is 5.52 Å². The number of aryl methyl sites for hydroxylation is 2. The molecule has 2 heterocycles. The molecule has 124 valence electrons. The molecular formula is C20H24N4. The molecule has 4 nitrogen and oxygen atoms in total. The summed E-state index contributed by atoms with van der Waals surface area (Å²) in [5, 5.41) is 8.05. The molecule has 24 heavy (non-hydrogen) atoms. The smallest absolute Gasteiger partial charge is 0.125 e. The number of nitrogens with zero attached hydrogens (tertiary/aromatic N) is 2. The number of hydrogen-bond donors (Lipinski definition) is 2. The van der Waals surface area contributed by atoms with Gasteiger partial charge >= 0.3 is 0 Å². The van der Waals surface area contributed by atoms with Crippen molar-refractivity contribution < 1.29 is 0 Å². The summed E-state index contributed by atoms with van der Waals surface area (Å²) in [5.74, 6) is 0.911. The first-order chi connectivity index (χ1) is 11.8. The van der Waals surface area contributed by atoms with Crippen molar-refractivity contribution in [3.05, 3.63) is 59.9 Å². The van der Waals surface area contributed by atoms with Gasteiger partial charge in [0.1, 0.15) is 5.82 Å². The van der Waals surface area contributed by atoms with Gasteiger partial charge < -0.3 is 10.6 Å². The van der Waals surface area contributed by atoms with Crippen molar-refractivity contribution in [2.45, 2.75) is 26.7 Å². The van der Waals surface area contributed by atoms with Crippen molar-refractivity contribution in [1.82, 2.24) is 9.97 Å². The topological polar surface area (TPSA) is 49.8 Å². The first-order valence-electron chi connectivity index (χ1n) is 8.55. The summed E-state index contributed by atoms with van der Waals surface area (Å²) in [7, 11) is 0. The van der Waals surface area contributed by atoms with Crippen LogP contribution in [0.5, 0.6) is 0 Å². The first kappa shape index (κ1) is 16.2. The zero-order valence-corrected chi connectivity index (χ0v) is 14.3. The lowest BCUT2D eigenvalue weighted by Crippen LogP contribution is -2.14. The van der Waals surface area contributed by atoms with Gasteiger partial charge in [-0.05, 0) is 37.1 Å². The molecule has 2 aromatic heterocycles. The maximum atomic E-state index is 4.74. The summed E-state index contributed by atoms with van der Waals surface area (Å²) in [6.45, 7) is 5.87. The van der Waals surface area contributed by atoms with Gasteiger partial charge in [-0.3, -0.25) is 4.98 Å². The van der Waals surface area contributed by atoms with Crippen LogP contribution in [0, 0.1) is 6.92 Å². The van der Waals surface area contributed by atoms with E-state index in [1.807, 2.05) is 25.3 Å². The second-order valence-electron chi connectivity index (χ2n) is 6.00. The molecule has 0 unspecified atom stereocenters. The Kier molecular flexibility index (Phi) is 5.26. The second-order valence-corrected chi connectivity index (χ2v) is 6.00. The Balaban J connectivity index is 1.66. The number of pyridine rings is 2. The lowest BCUT2D eigenvalue weighted by atomic mass is 10.1. The number of aromatic nitrogens is 2. The Hall–Kier alpha value is -2.62. The van der Waals surface area contributed by atoms with Crippen molar-refractivity contribution in [2.24, 2.45) is 0 Å². The van der Waals surface area contributed by atoms with Gasteiger partial charge in [-0.1, -0.05) is 37.6 Å². The number of hydrogen-bond acceptors (Lipinski definition) is 4. The van der Waals surface area contributed by atoms with E-state index in [9.17, 15) is 0 Å². The molecule has 1 aromatic carbocycles. The molecule has 0 atom stereocenters. The quantitative estimate of drug-likeness (QED) is 0.633. The summed E-state index contributed by atoms with van der Waals surface area (Å²) >= 11 is 0.